The van der Waals surface area contributed by atoms with Crippen molar-refractivity contribution in [3.8, 4) is 0 Å². The van der Waals surface area contributed by atoms with E-state index in [2.05, 4.69) is 5.32 Å². The van der Waals surface area contributed by atoms with Gasteiger partial charge in [0.05, 0.1) is 5.71 Å². The molecule has 0 bridgehead atoms. The smallest absolute Gasteiger partial charge is 0.221 e. The summed E-state index contributed by atoms with van der Waals surface area (Å²) in [5.41, 5.74) is 12.9. The lowest BCUT2D eigenvalue weighted by Gasteiger charge is -2.16. The summed E-state index contributed by atoms with van der Waals surface area (Å²) in [6.45, 7) is 3.43. The molecule has 0 aromatic heterocycles. The van der Waals surface area contributed by atoms with Gasteiger partial charge in [-0.05, 0) is 71.2 Å². The topological polar surface area (TPSA) is 79.0 Å². The zero-order valence-corrected chi connectivity index (χ0v) is 16.1. The van der Waals surface area contributed by atoms with Gasteiger partial charge in [-0.15, -0.1) is 12.4 Å². The van der Waals surface area contributed by atoms with Crippen LogP contribution in [0.4, 0.5) is 11.4 Å². The Morgan fingerprint density at radius 1 is 0.963 bits per heavy atom. The molecule has 0 aliphatic heterocycles. The molecule has 0 heterocycles. The zero-order valence-electron chi connectivity index (χ0n) is 15.2. The molecule has 138 valence electrons. The number of carbonyl (C=O) groups excluding carboxylic acids is 1. The second kappa shape index (κ2) is 8.52. The molecular weight excluding hydrogens is 358 g/mol. The van der Waals surface area contributed by atoms with Gasteiger partial charge in [0.1, 0.15) is 0 Å². The fourth-order valence-electron chi connectivity index (χ4n) is 2.89. The molecule has 4 nitrogen and oxygen atoms in total. The summed E-state index contributed by atoms with van der Waals surface area (Å²) in [5, 5.41) is 10.7. The van der Waals surface area contributed by atoms with Crippen molar-refractivity contribution in [2.24, 2.45) is 0 Å². The van der Waals surface area contributed by atoms with Crippen molar-refractivity contribution in [2.75, 3.05) is 11.1 Å². The number of hydrogen-bond donors (Lipinski definition) is 3. The Morgan fingerprint density at radius 3 is 2.04 bits per heavy atom. The summed E-state index contributed by atoms with van der Waals surface area (Å²) >= 11 is 0. The van der Waals surface area contributed by atoms with Gasteiger partial charge in [0.2, 0.25) is 5.91 Å². The molecule has 3 rings (SSSR count). The molecule has 2 aromatic rings. The van der Waals surface area contributed by atoms with Crippen LogP contribution in [0.5, 0.6) is 0 Å². The predicted molar refractivity (Wildman–Crippen MR) is 115 cm³/mol. The van der Waals surface area contributed by atoms with Crippen LogP contribution in [0, 0.1) is 5.41 Å². The number of nitrogens with one attached hydrogen (secondary N) is 2. The number of anilines is 2. The van der Waals surface area contributed by atoms with Gasteiger partial charge in [-0.3, -0.25) is 4.79 Å². The van der Waals surface area contributed by atoms with Gasteiger partial charge in [-0.25, -0.2) is 0 Å². The summed E-state index contributed by atoms with van der Waals surface area (Å²) in [5.74, 6) is -0.0952. The highest BCUT2D eigenvalue weighted by Crippen LogP contribution is 2.31. The van der Waals surface area contributed by atoms with E-state index in [1.54, 1.807) is 0 Å². The first-order valence-electron chi connectivity index (χ1n) is 8.37. The molecule has 0 atom stereocenters. The van der Waals surface area contributed by atoms with E-state index in [1.807, 2.05) is 73.7 Å². The number of halogens is 1. The van der Waals surface area contributed by atoms with Crippen LogP contribution in [-0.2, 0) is 4.79 Å². The van der Waals surface area contributed by atoms with E-state index in [0.717, 1.165) is 33.5 Å². The average molecular weight is 380 g/mol. The molecule has 0 saturated carbocycles. The normalized spacial score (nSPS) is 14.9. The van der Waals surface area contributed by atoms with E-state index in [-0.39, 0.29) is 18.3 Å². The van der Waals surface area contributed by atoms with E-state index in [9.17, 15) is 4.79 Å². The molecule has 1 amide bonds. The first kappa shape index (κ1) is 20.2. The Bertz CT molecular complexity index is 952. The van der Waals surface area contributed by atoms with Gasteiger partial charge in [0, 0.05) is 18.3 Å². The number of nitrogens with two attached hydrogens (primary N) is 1. The zero-order chi connectivity index (χ0) is 18.7. The van der Waals surface area contributed by atoms with Crippen LogP contribution in [0.3, 0.4) is 0 Å². The number of carbonyl (C=O) groups is 1. The average Bonchev–Trinajstić information content (AvgIpc) is 2.61. The SMILES string of the molecule is CC(=O)Nc1ccc(/C(=C2\C=CC(=N)C(C)=C2)c2ccc(N)cc2)cc1.Cl. The maximum absolute atomic E-state index is 11.2. The first-order chi connectivity index (χ1) is 12.4. The second-order valence-electron chi connectivity index (χ2n) is 6.29. The van der Waals surface area contributed by atoms with Crippen molar-refractivity contribution in [1.82, 2.24) is 0 Å². The van der Waals surface area contributed by atoms with Crippen molar-refractivity contribution in [3.05, 3.63) is 89.0 Å². The molecule has 0 unspecified atom stereocenters. The molecule has 0 radical (unpaired) electrons. The lowest BCUT2D eigenvalue weighted by molar-refractivity contribution is -0.114. The van der Waals surface area contributed by atoms with Crippen molar-refractivity contribution in [3.63, 3.8) is 0 Å². The Labute approximate surface area is 165 Å². The molecule has 4 N–H and O–H groups in total. The van der Waals surface area contributed by atoms with Crippen molar-refractivity contribution in [2.45, 2.75) is 13.8 Å². The number of benzene rings is 2. The Morgan fingerprint density at radius 2 is 1.52 bits per heavy atom. The minimum atomic E-state index is -0.0952. The van der Waals surface area contributed by atoms with E-state index < -0.39 is 0 Å². The third-order valence-electron chi connectivity index (χ3n) is 4.21. The Balaban J connectivity index is 0.00000261. The van der Waals surface area contributed by atoms with Crippen LogP contribution >= 0.6 is 12.4 Å². The quantitative estimate of drug-likeness (QED) is 0.657. The van der Waals surface area contributed by atoms with Gasteiger partial charge in [0.15, 0.2) is 0 Å². The highest BCUT2D eigenvalue weighted by Gasteiger charge is 2.13. The summed E-state index contributed by atoms with van der Waals surface area (Å²) in [7, 11) is 0. The van der Waals surface area contributed by atoms with Crippen LogP contribution in [-0.4, -0.2) is 11.6 Å². The highest BCUT2D eigenvalue weighted by atomic mass is 35.5. The van der Waals surface area contributed by atoms with E-state index >= 15 is 0 Å². The van der Waals surface area contributed by atoms with E-state index in [4.69, 9.17) is 11.1 Å². The maximum atomic E-state index is 11.2. The predicted octanol–water partition coefficient (Wildman–Crippen LogP) is 4.99. The van der Waals surface area contributed by atoms with Gasteiger partial charge >= 0.3 is 0 Å². The van der Waals surface area contributed by atoms with Crippen molar-refractivity contribution >= 4 is 41.0 Å². The first-order valence-corrected chi connectivity index (χ1v) is 8.37. The molecule has 0 fully saturated rings. The molecule has 2 aromatic carbocycles. The number of nitrogen functional groups attached to an aromatic ring is 1. The number of amides is 1. The Kier molecular flexibility index (Phi) is 6.37. The third-order valence-corrected chi connectivity index (χ3v) is 4.21. The molecule has 5 heteroatoms. The van der Waals surface area contributed by atoms with Crippen molar-refractivity contribution in [1.29, 1.82) is 5.41 Å². The molecule has 0 saturated heterocycles. The van der Waals surface area contributed by atoms with Gasteiger partial charge in [-0.1, -0.05) is 30.3 Å². The summed E-state index contributed by atoms with van der Waals surface area (Å²) in [6.07, 6.45) is 5.80. The van der Waals surface area contributed by atoms with Crippen LogP contribution in [0.2, 0.25) is 0 Å². The highest BCUT2D eigenvalue weighted by molar-refractivity contribution is 6.08. The fourth-order valence-corrected chi connectivity index (χ4v) is 2.89. The summed E-state index contributed by atoms with van der Waals surface area (Å²) in [4.78, 5) is 11.2. The molecule has 27 heavy (non-hydrogen) atoms. The van der Waals surface area contributed by atoms with Crippen LogP contribution in [0.15, 0.2) is 77.9 Å². The number of allylic oxidation sites excluding steroid dienone is 5. The lowest BCUT2D eigenvalue weighted by Crippen LogP contribution is -2.05. The van der Waals surface area contributed by atoms with E-state index in [0.29, 0.717) is 11.4 Å². The molecule has 1 aliphatic rings. The molecule has 1 aliphatic carbocycles. The monoisotopic (exact) mass is 379 g/mol. The van der Waals surface area contributed by atoms with Crippen molar-refractivity contribution < 1.29 is 4.79 Å². The molecule has 0 spiro atoms. The minimum Gasteiger partial charge on any atom is -0.399 e. The van der Waals surface area contributed by atoms with Gasteiger partial charge < -0.3 is 16.5 Å². The lowest BCUT2D eigenvalue weighted by atomic mass is 9.89. The summed E-state index contributed by atoms with van der Waals surface area (Å²) < 4.78 is 0. The van der Waals surface area contributed by atoms with E-state index in [1.165, 1.54) is 6.92 Å². The third kappa shape index (κ3) is 4.74. The maximum Gasteiger partial charge on any atom is 0.221 e. The van der Waals surface area contributed by atoms with Crippen LogP contribution < -0.4 is 11.1 Å². The number of hydrogen-bond acceptors (Lipinski definition) is 3. The second-order valence-corrected chi connectivity index (χ2v) is 6.29. The largest absolute Gasteiger partial charge is 0.399 e. The van der Waals surface area contributed by atoms with Gasteiger partial charge in [0.25, 0.3) is 0 Å². The Hall–Kier alpha value is -3.11. The van der Waals surface area contributed by atoms with Crippen LogP contribution in [0.25, 0.3) is 5.57 Å². The minimum absolute atomic E-state index is 0. The van der Waals surface area contributed by atoms with Crippen LogP contribution in [0.1, 0.15) is 25.0 Å². The fraction of sp³-hybridized carbons (Fsp3) is 0.0909. The number of rotatable bonds is 3. The molecular formula is C22H22ClN3O. The summed E-state index contributed by atoms with van der Waals surface area (Å²) in [6, 6.07) is 15.5. The van der Waals surface area contributed by atoms with Gasteiger partial charge in [-0.2, -0.15) is 0 Å². The standard InChI is InChI=1S/C22H21N3O.ClH/c1-14-13-18(7-12-21(14)24)22(16-3-8-19(23)9-4-16)17-5-10-20(11-6-17)25-15(2)26;/h3-13,24H,23H2,1-2H3,(H,25,26);1H/b22-18+,24-21?;.